The summed E-state index contributed by atoms with van der Waals surface area (Å²) in [6.45, 7) is -0.0253. The van der Waals surface area contributed by atoms with E-state index in [0.717, 1.165) is 16.8 Å². The molecule has 0 amide bonds. The smallest absolute Gasteiger partial charge is 0.357 e. The van der Waals surface area contributed by atoms with Crippen LogP contribution in [-0.4, -0.2) is 20.9 Å². The maximum atomic E-state index is 13.5. The molecule has 0 aliphatic carbocycles. The van der Waals surface area contributed by atoms with Crippen molar-refractivity contribution in [2.75, 3.05) is 0 Å². The van der Waals surface area contributed by atoms with Crippen LogP contribution in [0, 0.1) is 5.82 Å². The molecule has 2 aromatic carbocycles. The Kier molecular flexibility index (Phi) is 4.26. The first-order valence-electron chi connectivity index (χ1n) is 6.74. The number of nitrogens with zero attached hydrogens (tertiary/aromatic N) is 2. The summed E-state index contributed by atoms with van der Waals surface area (Å²) in [6.07, 6.45) is 0. The minimum absolute atomic E-state index is 0.0253. The van der Waals surface area contributed by atoms with Gasteiger partial charge in [0.05, 0.1) is 22.0 Å². The van der Waals surface area contributed by atoms with Crippen molar-refractivity contribution in [3.63, 3.8) is 0 Å². The van der Waals surface area contributed by atoms with Crippen LogP contribution in [0.15, 0.2) is 41.2 Å². The first kappa shape index (κ1) is 16.4. The minimum Gasteiger partial charge on any atom is -0.476 e. The van der Waals surface area contributed by atoms with E-state index in [1.54, 1.807) is 18.2 Å². The Bertz CT molecular complexity index is 1030. The summed E-state index contributed by atoms with van der Waals surface area (Å²) >= 11 is 11.8. The number of fused-ring (bicyclic) bond motifs is 1. The molecule has 0 saturated carbocycles. The molecule has 3 aromatic rings. The molecule has 1 aromatic heterocycles. The predicted octanol–water partition coefficient (Wildman–Crippen LogP) is 3.59. The zero-order valence-corrected chi connectivity index (χ0v) is 13.5. The summed E-state index contributed by atoms with van der Waals surface area (Å²) in [5.41, 5.74) is -0.323. The first-order chi connectivity index (χ1) is 11.4. The summed E-state index contributed by atoms with van der Waals surface area (Å²) in [4.78, 5) is 23.9. The van der Waals surface area contributed by atoms with Gasteiger partial charge in [0.15, 0.2) is 5.69 Å². The van der Waals surface area contributed by atoms with Gasteiger partial charge in [-0.05, 0) is 35.9 Å². The van der Waals surface area contributed by atoms with Gasteiger partial charge in [-0.1, -0.05) is 29.3 Å². The van der Waals surface area contributed by atoms with E-state index in [0.29, 0.717) is 15.6 Å². The molecule has 0 bridgehead atoms. The van der Waals surface area contributed by atoms with E-state index in [-0.39, 0.29) is 23.0 Å². The number of halogens is 3. The summed E-state index contributed by atoms with van der Waals surface area (Å²) in [5.74, 6) is -1.95. The lowest BCUT2D eigenvalue weighted by Crippen LogP contribution is -2.26. The SMILES string of the molecule is O=C(O)c1nn(Cc2ccc(Cl)c(Cl)c2)c(=O)c2cc(F)ccc12. The molecule has 0 unspecified atom stereocenters. The van der Waals surface area contributed by atoms with E-state index in [1.807, 2.05) is 0 Å². The van der Waals surface area contributed by atoms with Crippen LogP contribution in [-0.2, 0) is 6.54 Å². The normalized spacial score (nSPS) is 11.0. The van der Waals surface area contributed by atoms with Crippen LogP contribution in [0.25, 0.3) is 10.8 Å². The Morgan fingerprint density at radius 1 is 1.12 bits per heavy atom. The third-order valence-electron chi connectivity index (χ3n) is 3.44. The standard InChI is InChI=1S/C16H9Cl2FN2O3/c17-12-4-1-8(5-13(12)18)7-21-15(22)11-6-9(19)2-3-10(11)14(20-21)16(23)24/h1-6H,7H2,(H,23,24). The van der Waals surface area contributed by atoms with Crippen molar-refractivity contribution in [3.8, 4) is 0 Å². The molecule has 3 rings (SSSR count). The van der Waals surface area contributed by atoms with E-state index >= 15 is 0 Å². The molecule has 0 radical (unpaired) electrons. The Labute approximate surface area is 144 Å². The average Bonchev–Trinajstić information content (AvgIpc) is 2.53. The van der Waals surface area contributed by atoms with Crippen LogP contribution >= 0.6 is 23.2 Å². The largest absolute Gasteiger partial charge is 0.476 e. The number of benzene rings is 2. The Morgan fingerprint density at radius 3 is 2.54 bits per heavy atom. The van der Waals surface area contributed by atoms with Gasteiger partial charge >= 0.3 is 5.97 Å². The van der Waals surface area contributed by atoms with Gasteiger partial charge in [-0.3, -0.25) is 4.79 Å². The maximum absolute atomic E-state index is 13.5. The monoisotopic (exact) mass is 366 g/mol. The fourth-order valence-electron chi connectivity index (χ4n) is 2.33. The fourth-order valence-corrected chi connectivity index (χ4v) is 2.66. The number of aromatic nitrogens is 2. The third-order valence-corrected chi connectivity index (χ3v) is 4.18. The number of rotatable bonds is 3. The number of carboxylic acids is 1. The molecule has 0 aliphatic rings. The Balaban J connectivity index is 2.20. The highest BCUT2D eigenvalue weighted by Gasteiger charge is 2.17. The van der Waals surface area contributed by atoms with Gasteiger partial charge in [0.25, 0.3) is 5.56 Å². The molecule has 1 heterocycles. The molecule has 1 N–H and O–H groups in total. The van der Waals surface area contributed by atoms with Crippen LogP contribution in [0.5, 0.6) is 0 Å². The molecule has 0 atom stereocenters. The van der Waals surface area contributed by atoms with Gasteiger partial charge in [-0.25, -0.2) is 13.9 Å². The lowest BCUT2D eigenvalue weighted by atomic mass is 10.1. The van der Waals surface area contributed by atoms with Crippen molar-refractivity contribution >= 4 is 39.9 Å². The van der Waals surface area contributed by atoms with Crippen LogP contribution < -0.4 is 5.56 Å². The molecule has 0 aliphatic heterocycles. The van der Waals surface area contributed by atoms with Crippen molar-refractivity contribution < 1.29 is 14.3 Å². The van der Waals surface area contributed by atoms with Crippen LogP contribution in [0.3, 0.4) is 0 Å². The number of carboxylic acid groups (broad SMARTS) is 1. The molecular formula is C16H9Cl2FN2O3. The van der Waals surface area contributed by atoms with Crippen molar-refractivity contribution in [3.05, 3.63) is 73.9 Å². The zero-order valence-electron chi connectivity index (χ0n) is 12.0. The molecular weight excluding hydrogens is 358 g/mol. The highest BCUT2D eigenvalue weighted by atomic mass is 35.5. The average molecular weight is 367 g/mol. The lowest BCUT2D eigenvalue weighted by Gasteiger charge is -2.09. The maximum Gasteiger partial charge on any atom is 0.357 e. The summed E-state index contributed by atoms with van der Waals surface area (Å²) in [6, 6.07) is 8.05. The Hall–Kier alpha value is -2.44. The van der Waals surface area contributed by atoms with E-state index < -0.39 is 17.3 Å². The highest BCUT2D eigenvalue weighted by molar-refractivity contribution is 6.42. The van der Waals surface area contributed by atoms with Crippen molar-refractivity contribution in [1.82, 2.24) is 9.78 Å². The quantitative estimate of drug-likeness (QED) is 0.768. The van der Waals surface area contributed by atoms with Gasteiger partial charge in [0.1, 0.15) is 5.82 Å². The Morgan fingerprint density at radius 2 is 1.88 bits per heavy atom. The van der Waals surface area contributed by atoms with E-state index in [1.165, 1.54) is 6.07 Å². The van der Waals surface area contributed by atoms with Crippen molar-refractivity contribution in [1.29, 1.82) is 0 Å². The molecule has 8 heteroatoms. The summed E-state index contributed by atoms with van der Waals surface area (Å²) in [5, 5.41) is 13.9. The van der Waals surface area contributed by atoms with E-state index in [9.17, 15) is 19.1 Å². The molecule has 0 saturated heterocycles. The van der Waals surface area contributed by atoms with E-state index in [4.69, 9.17) is 23.2 Å². The predicted molar refractivity (Wildman–Crippen MR) is 88.5 cm³/mol. The van der Waals surface area contributed by atoms with Gasteiger partial charge < -0.3 is 5.11 Å². The number of aromatic carboxylic acids is 1. The number of carbonyl (C=O) groups is 1. The van der Waals surface area contributed by atoms with Crippen molar-refractivity contribution in [2.24, 2.45) is 0 Å². The lowest BCUT2D eigenvalue weighted by molar-refractivity contribution is 0.0690. The summed E-state index contributed by atoms with van der Waals surface area (Å²) in [7, 11) is 0. The molecule has 5 nitrogen and oxygen atoms in total. The minimum atomic E-state index is -1.31. The van der Waals surface area contributed by atoms with Gasteiger partial charge in [0, 0.05) is 5.39 Å². The number of hydrogen-bond acceptors (Lipinski definition) is 3. The molecule has 122 valence electrons. The van der Waals surface area contributed by atoms with Gasteiger partial charge in [-0.2, -0.15) is 5.10 Å². The highest BCUT2D eigenvalue weighted by Crippen LogP contribution is 2.23. The second kappa shape index (κ2) is 6.22. The third kappa shape index (κ3) is 2.98. The summed E-state index contributed by atoms with van der Waals surface area (Å²) < 4.78 is 14.4. The molecule has 0 fully saturated rings. The van der Waals surface area contributed by atoms with Gasteiger partial charge in [0.2, 0.25) is 0 Å². The zero-order chi connectivity index (χ0) is 17.4. The second-order valence-electron chi connectivity index (χ2n) is 5.05. The van der Waals surface area contributed by atoms with Crippen LogP contribution in [0.4, 0.5) is 4.39 Å². The topological polar surface area (TPSA) is 72.2 Å². The van der Waals surface area contributed by atoms with Gasteiger partial charge in [-0.15, -0.1) is 0 Å². The van der Waals surface area contributed by atoms with Crippen molar-refractivity contribution in [2.45, 2.75) is 6.54 Å². The van der Waals surface area contributed by atoms with Crippen LogP contribution in [0.1, 0.15) is 16.1 Å². The van der Waals surface area contributed by atoms with Crippen LogP contribution in [0.2, 0.25) is 10.0 Å². The molecule has 0 spiro atoms. The number of hydrogen-bond donors (Lipinski definition) is 1. The fraction of sp³-hybridized carbons (Fsp3) is 0.0625. The first-order valence-corrected chi connectivity index (χ1v) is 7.50. The second-order valence-corrected chi connectivity index (χ2v) is 5.87. The molecule has 24 heavy (non-hydrogen) atoms. The van der Waals surface area contributed by atoms with E-state index in [2.05, 4.69) is 5.10 Å².